The number of carbonyl (C=O) groups excluding carboxylic acids is 2. The summed E-state index contributed by atoms with van der Waals surface area (Å²) in [6.45, 7) is 5.15. The highest BCUT2D eigenvalue weighted by Crippen LogP contribution is 2.31. The minimum Gasteiger partial charge on any atom is -0.383 e. The number of nitrogens with zero attached hydrogens (tertiary/aromatic N) is 2. The summed E-state index contributed by atoms with van der Waals surface area (Å²) in [6.07, 6.45) is 0. The maximum atomic E-state index is 12.8. The number of nitrogens with one attached hydrogen (secondary N) is 1. The van der Waals surface area contributed by atoms with Crippen LogP contribution in [0.3, 0.4) is 0 Å². The third-order valence-electron chi connectivity index (χ3n) is 4.60. The summed E-state index contributed by atoms with van der Waals surface area (Å²) in [7, 11) is -2.52. The number of piperazine rings is 1. The van der Waals surface area contributed by atoms with Gasteiger partial charge in [-0.05, 0) is 32.0 Å². The van der Waals surface area contributed by atoms with Crippen molar-refractivity contribution in [2.45, 2.75) is 30.8 Å². The van der Waals surface area contributed by atoms with Crippen molar-refractivity contribution < 1.29 is 22.7 Å². The molecule has 0 aliphatic carbocycles. The van der Waals surface area contributed by atoms with Crippen LogP contribution in [-0.4, -0.2) is 74.9 Å². The maximum absolute atomic E-state index is 12.8. The van der Waals surface area contributed by atoms with Crippen molar-refractivity contribution in [1.82, 2.24) is 14.5 Å². The smallest absolute Gasteiger partial charge is 0.269 e. The van der Waals surface area contributed by atoms with Gasteiger partial charge in [0, 0.05) is 37.8 Å². The normalized spacial score (nSPS) is 24.7. The van der Waals surface area contributed by atoms with Crippen molar-refractivity contribution in [1.29, 1.82) is 0 Å². The van der Waals surface area contributed by atoms with E-state index in [1.54, 1.807) is 4.90 Å². The van der Waals surface area contributed by atoms with Crippen molar-refractivity contribution in [3.63, 3.8) is 0 Å². The number of ether oxygens (including phenoxy) is 1. The third kappa shape index (κ3) is 3.22. The minimum atomic E-state index is -3.96. The average molecular weight is 381 g/mol. The number of rotatable bonds is 4. The molecule has 2 heterocycles. The van der Waals surface area contributed by atoms with Crippen LogP contribution >= 0.6 is 0 Å². The number of carbonyl (C=O) groups is 2. The lowest BCUT2D eigenvalue weighted by molar-refractivity contribution is 0.0673. The molecule has 2 aliphatic heterocycles. The van der Waals surface area contributed by atoms with E-state index < -0.39 is 15.9 Å². The zero-order chi connectivity index (χ0) is 19.1. The summed E-state index contributed by atoms with van der Waals surface area (Å²) in [5, 5.41) is 3.35. The van der Waals surface area contributed by atoms with Gasteiger partial charge in [-0.15, -0.1) is 0 Å². The van der Waals surface area contributed by atoms with Gasteiger partial charge in [-0.2, -0.15) is 0 Å². The number of fused-ring (bicyclic) bond motifs is 1. The molecule has 3 rings (SSSR count). The van der Waals surface area contributed by atoms with Gasteiger partial charge >= 0.3 is 0 Å². The quantitative estimate of drug-likeness (QED) is 0.806. The first-order valence-corrected chi connectivity index (χ1v) is 9.95. The topological polar surface area (TPSA) is 96.0 Å². The molecular weight excluding hydrogens is 358 g/mol. The molecule has 26 heavy (non-hydrogen) atoms. The van der Waals surface area contributed by atoms with Crippen LogP contribution in [0.15, 0.2) is 23.1 Å². The highest BCUT2D eigenvalue weighted by Gasteiger charge is 2.41. The molecule has 0 saturated carbocycles. The molecule has 142 valence electrons. The Kier molecular flexibility index (Phi) is 5.05. The van der Waals surface area contributed by atoms with Crippen molar-refractivity contribution in [2.75, 3.05) is 33.4 Å². The zero-order valence-corrected chi connectivity index (χ0v) is 15.9. The van der Waals surface area contributed by atoms with E-state index in [0.29, 0.717) is 13.1 Å². The van der Waals surface area contributed by atoms with Crippen LogP contribution in [0.1, 0.15) is 34.6 Å². The van der Waals surface area contributed by atoms with Crippen LogP contribution in [0.4, 0.5) is 0 Å². The first kappa shape index (κ1) is 18.8. The fourth-order valence-electron chi connectivity index (χ4n) is 3.48. The maximum Gasteiger partial charge on any atom is 0.269 e. The molecule has 2 amide bonds. The molecule has 2 aliphatic rings. The molecule has 8 nitrogen and oxygen atoms in total. The summed E-state index contributed by atoms with van der Waals surface area (Å²) in [5.74, 6) is -0.813. The van der Waals surface area contributed by atoms with Crippen molar-refractivity contribution in [3.8, 4) is 0 Å². The number of benzene rings is 1. The van der Waals surface area contributed by atoms with E-state index >= 15 is 0 Å². The lowest BCUT2D eigenvalue weighted by atomic mass is 10.1. The highest BCUT2D eigenvalue weighted by atomic mass is 32.2. The molecule has 1 aromatic carbocycles. The van der Waals surface area contributed by atoms with Crippen LogP contribution in [0.2, 0.25) is 0 Å². The van der Waals surface area contributed by atoms with Gasteiger partial charge in [-0.3, -0.25) is 9.59 Å². The minimum absolute atomic E-state index is 0.0531. The Hall–Kier alpha value is -1.97. The standard InChI is InChI=1S/C17H23N3O5S/c1-11-9-19(10-12(2)18-11)16(21)13-4-5-14-15(8-13)26(23,24)20(17(14)22)6-7-25-3/h4-5,8,11-12,18H,6-7,9-10H2,1-3H3. The van der Waals surface area contributed by atoms with Crippen LogP contribution < -0.4 is 5.32 Å². The molecular formula is C17H23N3O5S. The molecule has 0 radical (unpaired) electrons. The van der Waals surface area contributed by atoms with E-state index in [-0.39, 0.29) is 47.2 Å². The highest BCUT2D eigenvalue weighted by molar-refractivity contribution is 7.90. The Bertz CT molecular complexity index is 829. The number of amides is 2. The molecule has 1 aromatic rings. The molecule has 0 bridgehead atoms. The number of hydrogen-bond acceptors (Lipinski definition) is 6. The van der Waals surface area contributed by atoms with Gasteiger partial charge in [0.25, 0.3) is 21.8 Å². The van der Waals surface area contributed by atoms with Crippen molar-refractivity contribution in [3.05, 3.63) is 29.3 Å². The van der Waals surface area contributed by atoms with Gasteiger partial charge in [0.2, 0.25) is 0 Å². The van der Waals surface area contributed by atoms with Crippen LogP contribution in [-0.2, 0) is 14.8 Å². The molecule has 0 aromatic heterocycles. The molecule has 1 N–H and O–H groups in total. The van der Waals surface area contributed by atoms with Gasteiger partial charge in [0.1, 0.15) is 4.90 Å². The Morgan fingerprint density at radius 3 is 2.54 bits per heavy atom. The zero-order valence-electron chi connectivity index (χ0n) is 15.1. The molecule has 0 spiro atoms. The van der Waals surface area contributed by atoms with E-state index in [0.717, 1.165) is 4.31 Å². The SMILES string of the molecule is COCCN1C(=O)c2ccc(C(=O)N3CC(C)NC(C)C3)cc2S1(=O)=O. The Balaban J connectivity index is 1.91. The van der Waals surface area contributed by atoms with Crippen LogP contribution in [0, 0.1) is 0 Å². The first-order chi connectivity index (χ1) is 12.3. The van der Waals surface area contributed by atoms with E-state index in [1.165, 1.54) is 25.3 Å². The second kappa shape index (κ2) is 6.98. The van der Waals surface area contributed by atoms with Crippen molar-refractivity contribution >= 4 is 21.8 Å². The van der Waals surface area contributed by atoms with Gasteiger partial charge < -0.3 is 15.0 Å². The molecule has 1 saturated heterocycles. The van der Waals surface area contributed by atoms with E-state index in [1.807, 2.05) is 13.8 Å². The lowest BCUT2D eigenvalue weighted by Gasteiger charge is -2.36. The molecule has 9 heteroatoms. The van der Waals surface area contributed by atoms with Gasteiger partial charge in [-0.1, -0.05) is 0 Å². The van der Waals surface area contributed by atoms with Gasteiger partial charge in [0.05, 0.1) is 18.7 Å². The summed E-state index contributed by atoms with van der Waals surface area (Å²) in [6, 6.07) is 4.57. The molecule has 2 atom stereocenters. The van der Waals surface area contributed by atoms with Crippen LogP contribution in [0.5, 0.6) is 0 Å². The third-order valence-corrected chi connectivity index (χ3v) is 6.42. The Labute approximate surface area is 153 Å². The van der Waals surface area contributed by atoms with Gasteiger partial charge in [-0.25, -0.2) is 12.7 Å². The summed E-state index contributed by atoms with van der Waals surface area (Å²) < 4.78 is 31.0. The monoisotopic (exact) mass is 381 g/mol. The summed E-state index contributed by atoms with van der Waals surface area (Å²) in [5.41, 5.74) is 0.370. The van der Waals surface area contributed by atoms with Gasteiger partial charge in [0.15, 0.2) is 0 Å². The molecule has 2 unspecified atom stereocenters. The largest absolute Gasteiger partial charge is 0.383 e. The fraction of sp³-hybridized carbons (Fsp3) is 0.529. The molecule has 1 fully saturated rings. The van der Waals surface area contributed by atoms with Crippen molar-refractivity contribution in [2.24, 2.45) is 0 Å². The Morgan fingerprint density at radius 1 is 1.27 bits per heavy atom. The summed E-state index contributed by atoms with van der Waals surface area (Å²) in [4.78, 5) is 26.8. The van der Waals surface area contributed by atoms with E-state index in [4.69, 9.17) is 4.74 Å². The first-order valence-electron chi connectivity index (χ1n) is 8.51. The Morgan fingerprint density at radius 2 is 1.92 bits per heavy atom. The van der Waals surface area contributed by atoms with E-state index in [9.17, 15) is 18.0 Å². The lowest BCUT2D eigenvalue weighted by Crippen LogP contribution is -2.55. The predicted molar refractivity (Wildman–Crippen MR) is 94.5 cm³/mol. The second-order valence-corrected chi connectivity index (χ2v) is 8.60. The summed E-state index contributed by atoms with van der Waals surface area (Å²) >= 11 is 0. The number of methoxy groups -OCH3 is 1. The predicted octanol–water partition coefficient (Wildman–Crippen LogP) is 0.300. The second-order valence-electron chi connectivity index (χ2n) is 6.76. The van der Waals surface area contributed by atoms with E-state index in [2.05, 4.69) is 5.32 Å². The fourth-order valence-corrected chi connectivity index (χ4v) is 5.06. The average Bonchev–Trinajstić information content (AvgIpc) is 2.77. The van der Waals surface area contributed by atoms with Crippen LogP contribution in [0.25, 0.3) is 0 Å². The number of hydrogen-bond donors (Lipinski definition) is 1. The number of sulfonamides is 1.